The minimum atomic E-state index is -0.294. The minimum absolute atomic E-state index is 0.191. The maximum absolute atomic E-state index is 13.2. The monoisotopic (exact) mass is 291 g/mol. The van der Waals surface area contributed by atoms with Crippen molar-refractivity contribution in [3.8, 4) is 0 Å². The van der Waals surface area contributed by atoms with E-state index in [-0.39, 0.29) is 17.2 Å². The van der Waals surface area contributed by atoms with Crippen LogP contribution in [0.5, 0.6) is 0 Å². The van der Waals surface area contributed by atoms with E-state index in [9.17, 15) is 4.39 Å². The fraction of sp³-hybridized carbons (Fsp3) is 0.333. The third-order valence-electron chi connectivity index (χ3n) is 3.43. The van der Waals surface area contributed by atoms with E-state index in [1.54, 1.807) is 6.07 Å². The highest BCUT2D eigenvalue weighted by molar-refractivity contribution is 6.21. The van der Waals surface area contributed by atoms with Crippen molar-refractivity contribution in [3.05, 3.63) is 41.5 Å². The van der Waals surface area contributed by atoms with E-state index < -0.39 is 0 Å². The fourth-order valence-corrected chi connectivity index (χ4v) is 2.64. The van der Waals surface area contributed by atoms with E-state index in [2.05, 4.69) is 21.4 Å². The molecule has 1 aromatic heterocycles. The van der Waals surface area contributed by atoms with Crippen molar-refractivity contribution in [1.29, 1.82) is 0 Å². The standard InChI is InChI=1S/C15H15ClFN3/c1-9-13(5-3-12-6-10(16)8-18-12)20-14-4-2-11(17)7-15(14)19-9/h2-5,7,10,12,18H,6,8H2,1H3. The number of fused-ring (bicyclic) bond motifs is 1. The molecule has 1 aliphatic rings. The zero-order valence-corrected chi connectivity index (χ0v) is 11.9. The lowest BCUT2D eigenvalue weighted by Gasteiger charge is -2.05. The van der Waals surface area contributed by atoms with Gasteiger partial charge in [-0.3, -0.25) is 0 Å². The number of nitrogens with zero attached hydrogens (tertiary/aromatic N) is 2. The zero-order valence-electron chi connectivity index (χ0n) is 11.1. The van der Waals surface area contributed by atoms with E-state index >= 15 is 0 Å². The molecule has 3 nitrogen and oxygen atoms in total. The number of rotatable bonds is 2. The Bertz CT molecular complexity index is 671. The lowest BCUT2D eigenvalue weighted by Crippen LogP contribution is -2.18. The average Bonchev–Trinajstić information content (AvgIpc) is 2.82. The van der Waals surface area contributed by atoms with Gasteiger partial charge in [0, 0.05) is 24.0 Å². The van der Waals surface area contributed by atoms with E-state index in [4.69, 9.17) is 11.6 Å². The molecule has 0 spiro atoms. The number of alkyl halides is 1. The molecule has 20 heavy (non-hydrogen) atoms. The Balaban J connectivity index is 1.89. The number of aryl methyl sites for hydroxylation is 1. The summed E-state index contributed by atoms with van der Waals surface area (Å²) in [5.74, 6) is -0.294. The number of halogens is 2. The Morgan fingerprint density at radius 3 is 2.95 bits per heavy atom. The molecule has 3 rings (SSSR count). The van der Waals surface area contributed by atoms with Gasteiger partial charge in [-0.15, -0.1) is 11.6 Å². The molecule has 0 aliphatic carbocycles. The third kappa shape index (κ3) is 2.81. The predicted octanol–water partition coefficient (Wildman–Crippen LogP) is 3.06. The summed E-state index contributed by atoms with van der Waals surface area (Å²) < 4.78 is 13.2. The van der Waals surface area contributed by atoms with Crippen molar-refractivity contribution < 1.29 is 4.39 Å². The smallest absolute Gasteiger partial charge is 0.125 e. The van der Waals surface area contributed by atoms with Crippen molar-refractivity contribution in [1.82, 2.24) is 15.3 Å². The van der Waals surface area contributed by atoms with Crippen LogP contribution in [0.4, 0.5) is 4.39 Å². The molecule has 1 aliphatic heterocycles. The molecule has 2 atom stereocenters. The van der Waals surface area contributed by atoms with Crippen molar-refractivity contribution in [3.63, 3.8) is 0 Å². The second-order valence-corrected chi connectivity index (χ2v) is 5.65. The summed E-state index contributed by atoms with van der Waals surface area (Å²) in [6.07, 6.45) is 4.94. The van der Waals surface area contributed by atoms with Gasteiger partial charge in [-0.25, -0.2) is 14.4 Å². The normalized spacial score (nSPS) is 22.9. The first-order valence-corrected chi connectivity index (χ1v) is 7.05. The summed E-state index contributed by atoms with van der Waals surface area (Å²) in [6.45, 7) is 2.71. The van der Waals surface area contributed by atoms with Crippen LogP contribution in [-0.2, 0) is 0 Å². The summed E-state index contributed by atoms with van der Waals surface area (Å²) in [5, 5.41) is 3.52. The number of hydrogen-bond acceptors (Lipinski definition) is 3. The number of aromatic nitrogens is 2. The molecule has 0 saturated carbocycles. The molecule has 1 aromatic carbocycles. The number of hydrogen-bond donors (Lipinski definition) is 1. The van der Waals surface area contributed by atoms with Gasteiger partial charge in [0.25, 0.3) is 0 Å². The average molecular weight is 292 g/mol. The second-order valence-electron chi connectivity index (χ2n) is 5.03. The van der Waals surface area contributed by atoms with Crippen molar-refractivity contribution in [2.24, 2.45) is 0 Å². The Kier molecular flexibility index (Phi) is 3.68. The summed E-state index contributed by atoms with van der Waals surface area (Å²) in [4.78, 5) is 8.92. The van der Waals surface area contributed by atoms with Gasteiger partial charge in [0.05, 0.1) is 22.4 Å². The van der Waals surface area contributed by atoms with Crippen LogP contribution in [0, 0.1) is 12.7 Å². The summed E-state index contributed by atoms with van der Waals surface area (Å²) in [6, 6.07) is 4.73. The Labute approximate surface area is 121 Å². The third-order valence-corrected chi connectivity index (χ3v) is 3.77. The van der Waals surface area contributed by atoms with Gasteiger partial charge in [0.1, 0.15) is 5.82 Å². The van der Waals surface area contributed by atoms with Gasteiger partial charge < -0.3 is 5.32 Å². The van der Waals surface area contributed by atoms with Gasteiger partial charge in [-0.05, 0) is 31.6 Å². The summed E-state index contributed by atoms with van der Waals surface area (Å²) in [7, 11) is 0. The van der Waals surface area contributed by atoms with Crippen LogP contribution in [0.3, 0.4) is 0 Å². The SMILES string of the molecule is Cc1nc2cc(F)ccc2nc1C=CC1CC(Cl)CN1. The molecule has 0 bridgehead atoms. The molecule has 2 aromatic rings. The van der Waals surface area contributed by atoms with Crippen LogP contribution in [-0.4, -0.2) is 27.9 Å². The summed E-state index contributed by atoms with van der Waals surface area (Å²) in [5.41, 5.74) is 2.88. The van der Waals surface area contributed by atoms with E-state index in [0.717, 1.165) is 24.4 Å². The van der Waals surface area contributed by atoms with Crippen LogP contribution >= 0.6 is 11.6 Å². The largest absolute Gasteiger partial charge is 0.309 e. The number of nitrogens with one attached hydrogen (secondary N) is 1. The first kappa shape index (κ1) is 13.5. The van der Waals surface area contributed by atoms with Crippen LogP contribution < -0.4 is 5.32 Å². The number of benzene rings is 1. The molecular formula is C15H15ClFN3. The molecule has 2 heterocycles. The highest BCUT2D eigenvalue weighted by Crippen LogP contribution is 2.17. The highest BCUT2D eigenvalue weighted by atomic mass is 35.5. The zero-order chi connectivity index (χ0) is 14.1. The molecule has 1 fully saturated rings. The lowest BCUT2D eigenvalue weighted by atomic mass is 10.2. The quantitative estimate of drug-likeness (QED) is 0.864. The van der Waals surface area contributed by atoms with Crippen molar-refractivity contribution in [2.45, 2.75) is 24.8 Å². The maximum Gasteiger partial charge on any atom is 0.125 e. The van der Waals surface area contributed by atoms with Gasteiger partial charge in [0.15, 0.2) is 0 Å². The molecule has 2 unspecified atom stereocenters. The second kappa shape index (κ2) is 5.46. The van der Waals surface area contributed by atoms with Crippen LogP contribution in [0.2, 0.25) is 0 Å². The van der Waals surface area contributed by atoms with Crippen LogP contribution in [0.1, 0.15) is 17.8 Å². The van der Waals surface area contributed by atoms with Crippen molar-refractivity contribution in [2.75, 3.05) is 6.54 Å². The molecule has 0 radical (unpaired) electrons. The molecule has 5 heteroatoms. The first-order valence-electron chi connectivity index (χ1n) is 6.61. The molecule has 1 saturated heterocycles. The minimum Gasteiger partial charge on any atom is -0.309 e. The Morgan fingerprint density at radius 2 is 2.20 bits per heavy atom. The van der Waals surface area contributed by atoms with E-state index in [1.807, 2.05) is 13.0 Å². The predicted molar refractivity (Wildman–Crippen MR) is 79.3 cm³/mol. The molecule has 104 valence electrons. The van der Waals surface area contributed by atoms with Crippen LogP contribution in [0.25, 0.3) is 17.1 Å². The van der Waals surface area contributed by atoms with Crippen molar-refractivity contribution >= 4 is 28.7 Å². The first-order chi connectivity index (χ1) is 9.61. The van der Waals surface area contributed by atoms with Gasteiger partial charge in [-0.1, -0.05) is 6.08 Å². The van der Waals surface area contributed by atoms with E-state index in [1.165, 1.54) is 12.1 Å². The fourth-order valence-electron chi connectivity index (χ4n) is 2.36. The Hall–Kier alpha value is -1.52. The van der Waals surface area contributed by atoms with E-state index in [0.29, 0.717) is 11.0 Å². The van der Waals surface area contributed by atoms with Gasteiger partial charge >= 0.3 is 0 Å². The molecule has 0 amide bonds. The Morgan fingerprint density at radius 1 is 1.35 bits per heavy atom. The van der Waals surface area contributed by atoms with Gasteiger partial charge in [0.2, 0.25) is 0 Å². The molecule has 1 N–H and O–H groups in total. The summed E-state index contributed by atoms with van der Waals surface area (Å²) >= 11 is 6.05. The molecular weight excluding hydrogens is 277 g/mol. The highest BCUT2D eigenvalue weighted by Gasteiger charge is 2.19. The lowest BCUT2D eigenvalue weighted by molar-refractivity contribution is 0.629. The van der Waals surface area contributed by atoms with Crippen LogP contribution in [0.15, 0.2) is 24.3 Å². The topological polar surface area (TPSA) is 37.8 Å². The maximum atomic E-state index is 13.2. The van der Waals surface area contributed by atoms with Gasteiger partial charge in [-0.2, -0.15) is 0 Å².